The summed E-state index contributed by atoms with van der Waals surface area (Å²) >= 11 is 7.45. The molecule has 0 spiro atoms. The monoisotopic (exact) mass is 543 g/mol. The quantitative estimate of drug-likeness (QED) is 0.543. The maximum Gasteiger partial charge on any atom is 0.259 e. The van der Waals surface area contributed by atoms with Crippen LogP contribution in [-0.2, 0) is 0 Å². The average molecular weight is 544 g/mol. The van der Waals surface area contributed by atoms with Gasteiger partial charge in [-0.25, -0.2) is 0 Å². The van der Waals surface area contributed by atoms with Gasteiger partial charge in [-0.1, -0.05) is 15.9 Å². The van der Waals surface area contributed by atoms with Crippen LogP contribution in [0, 0.1) is 7.14 Å². The first-order valence-corrected chi connectivity index (χ1v) is 8.17. The van der Waals surface area contributed by atoms with Crippen molar-refractivity contribution in [3.63, 3.8) is 0 Å². The minimum atomic E-state index is -0.323. The number of anilines is 1. The molecule has 2 rings (SSSR count). The third-order valence-electron chi connectivity index (χ3n) is 2.37. The Kier molecular flexibility index (Phi) is 5.07. The van der Waals surface area contributed by atoms with Crippen LogP contribution in [0.25, 0.3) is 0 Å². The molecule has 0 heterocycles. The summed E-state index contributed by atoms with van der Waals surface area (Å²) in [5.74, 6) is -0.313. The first kappa shape index (κ1) is 15.0. The zero-order valence-corrected chi connectivity index (χ0v) is 15.4. The predicted molar refractivity (Wildman–Crippen MR) is 95.6 cm³/mol. The van der Waals surface area contributed by atoms with Crippen LogP contribution in [0.4, 0.5) is 5.69 Å². The molecule has 2 aromatic carbocycles. The van der Waals surface area contributed by atoms with Gasteiger partial charge in [0.15, 0.2) is 0 Å². The van der Waals surface area contributed by atoms with E-state index >= 15 is 0 Å². The summed E-state index contributed by atoms with van der Waals surface area (Å²) in [6.07, 6.45) is 0. The second kappa shape index (κ2) is 6.40. The number of nitrogens with one attached hydrogen (secondary N) is 1. The molecule has 2 aromatic rings. The van der Waals surface area contributed by atoms with E-state index in [0.29, 0.717) is 9.26 Å². The highest BCUT2D eigenvalue weighted by molar-refractivity contribution is 14.1. The van der Waals surface area contributed by atoms with E-state index in [1.165, 1.54) is 0 Å². The lowest BCUT2D eigenvalue weighted by Crippen LogP contribution is -2.12. The molecular formula is C13H8BrI2NO2. The van der Waals surface area contributed by atoms with Crippen molar-refractivity contribution in [2.75, 3.05) is 5.32 Å². The van der Waals surface area contributed by atoms with Gasteiger partial charge in [0, 0.05) is 13.7 Å². The minimum Gasteiger partial charge on any atom is -0.506 e. The molecule has 0 saturated carbocycles. The molecule has 98 valence electrons. The highest BCUT2D eigenvalue weighted by Gasteiger charge is 2.15. The molecule has 0 aromatic heterocycles. The van der Waals surface area contributed by atoms with Crippen molar-refractivity contribution in [2.24, 2.45) is 0 Å². The molecule has 2 N–H and O–H groups in total. The number of phenols is 1. The van der Waals surface area contributed by atoms with E-state index in [9.17, 15) is 9.90 Å². The molecule has 0 aliphatic carbocycles. The van der Waals surface area contributed by atoms with Gasteiger partial charge < -0.3 is 10.4 Å². The number of carbonyl (C=O) groups excluding carboxylic acids is 1. The zero-order valence-electron chi connectivity index (χ0n) is 9.45. The van der Waals surface area contributed by atoms with Gasteiger partial charge in [-0.3, -0.25) is 4.79 Å². The van der Waals surface area contributed by atoms with Crippen molar-refractivity contribution in [1.29, 1.82) is 0 Å². The molecule has 1 amide bonds. The number of hydrogen-bond acceptors (Lipinski definition) is 2. The van der Waals surface area contributed by atoms with Gasteiger partial charge in [-0.15, -0.1) is 0 Å². The summed E-state index contributed by atoms with van der Waals surface area (Å²) in [4.78, 5) is 12.1. The van der Waals surface area contributed by atoms with Crippen molar-refractivity contribution in [3.05, 3.63) is 53.6 Å². The van der Waals surface area contributed by atoms with Gasteiger partial charge in [-0.05, 0) is 81.6 Å². The van der Waals surface area contributed by atoms with Crippen LogP contribution in [0.2, 0.25) is 0 Å². The summed E-state index contributed by atoms with van der Waals surface area (Å²) in [5, 5.41) is 12.7. The van der Waals surface area contributed by atoms with Crippen LogP contribution in [0.15, 0.2) is 40.9 Å². The predicted octanol–water partition coefficient (Wildman–Crippen LogP) is 4.62. The summed E-state index contributed by atoms with van der Waals surface area (Å²) in [6.45, 7) is 0. The molecule has 0 aliphatic rings. The van der Waals surface area contributed by atoms with Crippen molar-refractivity contribution < 1.29 is 9.90 Å². The summed E-state index contributed by atoms with van der Waals surface area (Å²) in [7, 11) is 0. The number of rotatable bonds is 2. The lowest BCUT2D eigenvalue weighted by Gasteiger charge is -2.09. The molecule has 6 heteroatoms. The first-order chi connectivity index (χ1) is 8.97. The van der Waals surface area contributed by atoms with Crippen molar-refractivity contribution in [3.8, 4) is 5.75 Å². The van der Waals surface area contributed by atoms with Gasteiger partial charge in [0.05, 0.1) is 9.13 Å². The Labute approximate surface area is 146 Å². The van der Waals surface area contributed by atoms with E-state index in [0.717, 1.165) is 8.04 Å². The number of amides is 1. The van der Waals surface area contributed by atoms with Crippen LogP contribution >= 0.6 is 61.1 Å². The van der Waals surface area contributed by atoms with Gasteiger partial charge in [-0.2, -0.15) is 0 Å². The molecule has 3 nitrogen and oxygen atoms in total. The average Bonchev–Trinajstić information content (AvgIpc) is 2.36. The fourth-order valence-electron chi connectivity index (χ4n) is 1.47. The summed E-state index contributed by atoms with van der Waals surface area (Å²) < 4.78 is 2.50. The molecule has 0 radical (unpaired) electrons. The topological polar surface area (TPSA) is 49.3 Å². The molecule has 0 atom stereocenters. The largest absolute Gasteiger partial charge is 0.506 e. The van der Waals surface area contributed by atoms with Gasteiger partial charge in [0.2, 0.25) is 0 Å². The molecule has 0 bridgehead atoms. The zero-order chi connectivity index (χ0) is 14.0. The Hall–Kier alpha value is -0.350. The maximum atomic E-state index is 12.1. The second-order valence-electron chi connectivity index (χ2n) is 3.74. The SMILES string of the molecule is O=C(Nc1ccc(Br)cc1)c1cc(I)cc(I)c1O. The molecular weight excluding hydrogens is 536 g/mol. The summed E-state index contributed by atoms with van der Waals surface area (Å²) in [5.41, 5.74) is 0.959. The third-order valence-corrected chi connectivity index (χ3v) is 4.35. The third kappa shape index (κ3) is 3.82. The van der Waals surface area contributed by atoms with Crippen LogP contribution in [0.5, 0.6) is 5.75 Å². The highest BCUT2D eigenvalue weighted by Crippen LogP contribution is 2.27. The van der Waals surface area contributed by atoms with Crippen molar-refractivity contribution in [1.82, 2.24) is 0 Å². The standard InChI is InChI=1S/C13H8BrI2NO2/c14-7-1-3-9(4-2-7)17-13(19)10-5-8(15)6-11(16)12(10)18/h1-6,18H,(H,17,19). The number of benzene rings is 2. The van der Waals surface area contributed by atoms with E-state index in [4.69, 9.17) is 0 Å². The van der Waals surface area contributed by atoms with E-state index in [1.54, 1.807) is 18.2 Å². The minimum absolute atomic E-state index is 0.00984. The van der Waals surface area contributed by atoms with Gasteiger partial charge in [0.1, 0.15) is 5.75 Å². The Morgan fingerprint density at radius 3 is 2.42 bits per heavy atom. The van der Waals surface area contributed by atoms with Crippen molar-refractivity contribution >= 4 is 72.7 Å². The Morgan fingerprint density at radius 1 is 1.16 bits per heavy atom. The van der Waals surface area contributed by atoms with E-state index in [2.05, 4.69) is 43.8 Å². The fourth-order valence-corrected chi connectivity index (χ4v) is 3.58. The summed E-state index contributed by atoms with van der Waals surface area (Å²) in [6, 6.07) is 10.7. The molecule has 19 heavy (non-hydrogen) atoms. The fraction of sp³-hybridized carbons (Fsp3) is 0. The lowest BCUT2D eigenvalue weighted by atomic mass is 10.2. The van der Waals surface area contributed by atoms with Gasteiger partial charge >= 0.3 is 0 Å². The molecule has 0 aliphatic heterocycles. The molecule has 0 saturated heterocycles. The number of aromatic hydroxyl groups is 1. The Morgan fingerprint density at radius 2 is 1.79 bits per heavy atom. The van der Waals surface area contributed by atoms with E-state index < -0.39 is 0 Å². The first-order valence-electron chi connectivity index (χ1n) is 5.22. The number of phenolic OH excluding ortho intramolecular Hbond substituents is 1. The van der Waals surface area contributed by atoms with Crippen LogP contribution in [0.3, 0.4) is 0 Å². The number of halogens is 3. The number of hydrogen-bond donors (Lipinski definition) is 2. The van der Waals surface area contributed by atoms with Gasteiger partial charge in [0.25, 0.3) is 5.91 Å². The van der Waals surface area contributed by atoms with E-state index in [1.807, 2.05) is 40.8 Å². The maximum absolute atomic E-state index is 12.1. The molecule has 0 unspecified atom stereocenters. The van der Waals surface area contributed by atoms with Crippen LogP contribution in [-0.4, -0.2) is 11.0 Å². The lowest BCUT2D eigenvalue weighted by molar-refractivity contribution is 0.102. The van der Waals surface area contributed by atoms with E-state index in [-0.39, 0.29) is 17.2 Å². The smallest absolute Gasteiger partial charge is 0.259 e. The second-order valence-corrected chi connectivity index (χ2v) is 7.07. The van der Waals surface area contributed by atoms with Crippen molar-refractivity contribution in [2.45, 2.75) is 0 Å². The van der Waals surface area contributed by atoms with Crippen LogP contribution in [0.1, 0.15) is 10.4 Å². The highest BCUT2D eigenvalue weighted by atomic mass is 127. The number of carbonyl (C=O) groups is 1. The Bertz CT molecular complexity index is 629. The Balaban J connectivity index is 2.27. The molecule has 0 fully saturated rings. The van der Waals surface area contributed by atoms with Crippen LogP contribution < -0.4 is 5.32 Å². The normalized spacial score (nSPS) is 10.3.